The molecule has 0 aliphatic heterocycles. The molecular weight excluding hydrogens is 316 g/mol. The van der Waals surface area contributed by atoms with Crippen LogP contribution >= 0.6 is 0 Å². The molecule has 1 amide bonds. The zero-order valence-corrected chi connectivity index (χ0v) is 14.1. The molecule has 5 nitrogen and oxygen atoms in total. The third-order valence-electron chi connectivity index (χ3n) is 3.86. The van der Waals surface area contributed by atoms with E-state index >= 15 is 0 Å². The van der Waals surface area contributed by atoms with Gasteiger partial charge in [0.2, 0.25) is 5.91 Å². The summed E-state index contributed by atoms with van der Waals surface area (Å²) in [4.78, 5) is 12.0. The highest BCUT2D eigenvalue weighted by molar-refractivity contribution is 5.78. The van der Waals surface area contributed by atoms with Crippen molar-refractivity contribution >= 4 is 5.91 Å². The normalized spacial score (nSPS) is 10.4. The third kappa shape index (κ3) is 4.70. The summed E-state index contributed by atoms with van der Waals surface area (Å²) < 4.78 is 10.4. The Hall–Kier alpha value is -3.08. The molecule has 0 bridgehead atoms. The molecule has 0 fully saturated rings. The maximum atomic E-state index is 12.0. The van der Waals surface area contributed by atoms with Gasteiger partial charge in [0, 0.05) is 18.2 Å². The van der Waals surface area contributed by atoms with E-state index in [9.17, 15) is 4.79 Å². The fraction of sp³-hybridized carbons (Fsp3) is 0.200. The highest BCUT2D eigenvalue weighted by Gasteiger charge is 2.10. The number of carbonyl (C=O) groups excluding carboxylic acids is 1. The van der Waals surface area contributed by atoms with Gasteiger partial charge in [-0.1, -0.05) is 47.6 Å². The summed E-state index contributed by atoms with van der Waals surface area (Å²) in [5, 5.41) is 6.92. The van der Waals surface area contributed by atoms with Crippen molar-refractivity contribution in [3.63, 3.8) is 0 Å². The lowest BCUT2D eigenvalue weighted by Crippen LogP contribution is -2.27. The molecule has 0 radical (unpaired) electrons. The van der Waals surface area contributed by atoms with E-state index in [1.807, 2.05) is 54.6 Å². The summed E-state index contributed by atoms with van der Waals surface area (Å²) in [6.45, 7) is 0.574. The Labute approximate surface area is 146 Å². The monoisotopic (exact) mass is 336 g/mol. The van der Waals surface area contributed by atoms with Crippen molar-refractivity contribution in [2.45, 2.75) is 12.8 Å². The lowest BCUT2D eigenvalue weighted by molar-refractivity contribution is -0.120. The van der Waals surface area contributed by atoms with Crippen LogP contribution in [0.2, 0.25) is 0 Å². The molecule has 0 saturated heterocycles. The summed E-state index contributed by atoms with van der Waals surface area (Å²) in [5.41, 5.74) is 2.85. The minimum atomic E-state index is -0.0794. The summed E-state index contributed by atoms with van der Waals surface area (Å²) >= 11 is 0. The third-order valence-corrected chi connectivity index (χ3v) is 3.86. The van der Waals surface area contributed by atoms with Gasteiger partial charge in [-0.15, -0.1) is 0 Å². The van der Waals surface area contributed by atoms with Crippen LogP contribution in [0, 0.1) is 0 Å². The quantitative estimate of drug-likeness (QED) is 0.719. The fourth-order valence-electron chi connectivity index (χ4n) is 2.50. The van der Waals surface area contributed by atoms with Crippen LogP contribution in [0.25, 0.3) is 11.3 Å². The summed E-state index contributed by atoms with van der Waals surface area (Å²) in [7, 11) is 1.64. The smallest absolute Gasteiger partial charge is 0.227 e. The van der Waals surface area contributed by atoms with E-state index in [0.717, 1.165) is 29.0 Å². The van der Waals surface area contributed by atoms with Gasteiger partial charge in [-0.05, 0) is 24.1 Å². The number of rotatable bonds is 7. The summed E-state index contributed by atoms with van der Waals surface area (Å²) in [6.07, 6.45) is 0.948. The van der Waals surface area contributed by atoms with Crippen LogP contribution in [0.5, 0.6) is 5.75 Å². The molecule has 1 N–H and O–H groups in total. The number of ether oxygens (including phenoxy) is 1. The SMILES string of the molecule is COc1ccc(CCNC(=O)Cc2cc(-c3ccccc3)no2)cc1. The van der Waals surface area contributed by atoms with Gasteiger partial charge in [-0.3, -0.25) is 4.79 Å². The van der Waals surface area contributed by atoms with Gasteiger partial charge < -0.3 is 14.6 Å². The number of benzene rings is 2. The van der Waals surface area contributed by atoms with Crippen molar-refractivity contribution in [1.82, 2.24) is 10.5 Å². The second kappa shape index (κ2) is 8.15. The molecule has 0 atom stereocenters. The van der Waals surface area contributed by atoms with E-state index in [1.165, 1.54) is 0 Å². The Morgan fingerprint density at radius 1 is 1.12 bits per heavy atom. The maximum Gasteiger partial charge on any atom is 0.227 e. The van der Waals surface area contributed by atoms with Gasteiger partial charge in [-0.25, -0.2) is 0 Å². The van der Waals surface area contributed by atoms with Crippen LogP contribution < -0.4 is 10.1 Å². The Morgan fingerprint density at radius 3 is 2.60 bits per heavy atom. The standard InChI is InChI=1S/C20H20N2O3/c1-24-17-9-7-15(8-10-17)11-12-21-20(23)14-18-13-19(22-25-18)16-5-3-2-4-6-16/h2-10,13H,11-12,14H2,1H3,(H,21,23). The first-order valence-electron chi connectivity index (χ1n) is 8.15. The minimum Gasteiger partial charge on any atom is -0.497 e. The van der Waals surface area contributed by atoms with Crippen LogP contribution in [0.4, 0.5) is 0 Å². The Bertz CT molecular complexity index is 810. The molecule has 3 rings (SSSR count). The molecule has 0 unspecified atom stereocenters. The molecular formula is C20H20N2O3. The second-order valence-electron chi connectivity index (χ2n) is 5.67. The maximum absolute atomic E-state index is 12.0. The molecule has 0 aliphatic rings. The van der Waals surface area contributed by atoms with Crippen LogP contribution in [0.15, 0.2) is 65.2 Å². The molecule has 1 heterocycles. The highest BCUT2D eigenvalue weighted by atomic mass is 16.5. The predicted octanol–water partition coefficient (Wildman–Crippen LogP) is 3.25. The number of amides is 1. The molecule has 0 saturated carbocycles. The van der Waals surface area contributed by atoms with Gasteiger partial charge in [0.15, 0.2) is 0 Å². The first-order chi connectivity index (χ1) is 12.2. The van der Waals surface area contributed by atoms with E-state index in [2.05, 4.69) is 10.5 Å². The number of hydrogen-bond acceptors (Lipinski definition) is 4. The first kappa shape index (κ1) is 16.8. The molecule has 0 aliphatic carbocycles. The van der Waals surface area contributed by atoms with Gasteiger partial charge in [0.1, 0.15) is 17.2 Å². The van der Waals surface area contributed by atoms with E-state index in [0.29, 0.717) is 12.3 Å². The Balaban J connectivity index is 1.47. The number of methoxy groups -OCH3 is 1. The van der Waals surface area contributed by atoms with Crippen LogP contribution in [0.3, 0.4) is 0 Å². The van der Waals surface area contributed by atoms with Crippen molar-refractivity contribution in [3.05, 3.63) is 72.0 Å². The van der Waals surface area contributed by atoms with E-state index in [-0.39, 0.29) is 12.3 Å². The number of carbonyl (C=O) groups is 1. The lowest BCUT2D eigenvalue weighted by atomic mass is 10.1. The van der Waals surface area contributed by atoms with E-state index < -0.39 is 0 Å². The molecule has 25 heavy (non-hydrogen) atoms. The summed E-state index contributed by atoms with van der Waals surface area (Å²) in [5.74, 6) is 1.30. The number of hydrogen-bond donors (Lipinski definition) is 1. The predicted molar refractivity (Wildman–Crippen MR) is 95.4 cm³/mol. The number of nitrogens with zero attached hydrogens (tertiary/aromatic N) is 1. The summed E-state index contributed by atoms with van der Waals surface area (Å²) in [6, 6.07) is 19.4. The molecule has 5 heteroatoms. The number of nitrogens with one attached hydrogen (secondary N) is 1. The largest absolute Gasteiger partial charge is 0.497 e. The average Bonchev–Trinajstić information content (AvgIpc) is 3.11. The second-order valence-corrected chi connectivity index (χ2v) is 5.67. The van der Waals surface area contributed by atoms with Gasteiger partial charge >= 0.3 is 0 Å². The van der Waals surface area contributed by atoms with Gasteiger partial charge in [0.05, 0.1) is 13.5 Å². The number of aromatic nitrogens is 1. The van der Waals surface area contributed by atoms with Crippen LogP contribution in [-0.4, -0.2) is 24.7 Å². The minimum absolute atomic E-state index is 0.0794. The Kier molecular flexibility index (Phi) is 5.46. The molecule has 1 aromatic heterocycles. The topological polar surface area (TPSA) is 64.4 Å². The molecule has 128 valence electrons. The molecule has 0 spiro atoms. The van der Waals surface area contributed by atoms with Crippen molar-refractivity contribution in [3.8, 4) is 17.0 Å². The van der Waals surface area contributed by atoms with Gasteiger partial charge in [0.25, 0.3) is 0 Å². The Morgan fingerprint density at radius 2 is 1.88 bits per heavy atom. The van der Waals surface area contributed by atoms with Crippen molar-refractivity contribution in [2.24, 2.45) is 0 Å². The zero-order valence-electron chi connectivity index (χ0n) is 14.1. The van der Waals surface area contributed by atoms with Crippen molar-refractivity contribution < 1.29 is 14.1 Å². The average molecular weight is 336 g/mol. The van der Waals surface area contributed by atoms with Crippen molar-refractivity contribution in [1.29, 1.82) is 0 Å². The van der Waals surface area contributed by atoms with Crippen LogP contribution in [-0.2, 0) is 17.6 Å². The van der Waals surface area contributed by atoms with Crippen LogP contribution in [0.1, 0.15) is 11.3 Å². The van der Waals surface area contributed by atoms with E-state index in [4.69, 9.17) is 9.26 Å². The fourth-order valence-corrected chi connectivity index (χ4v) is 2.50. The highest BCUT2D eigenvalue weighted by Crippen LogP contribution is 2.18. The van der Waals surface area contributed by atoms with Crippen molar-refractivity contribution in [2.75, 3.05) is 13.7 Å². The zero-order chi connectivity index (χ0) is 17.5. The first-order valence-corrected chi connectivity index (χ1v) is 8.15. The molecule has 3 aromatic rings. The lowest BCUT2D eigenvalue weighted by Gasteiger charge is -2.05. The van der Waals surface area contributed by atoms with E-state index in [1.54, 1.807) is 13.2 Å². The van der Waals surface area contributed by atoms with Gasteiger partial charge in [-0.2, -0.15) is 0 Å². The molecule has 2 aromatic carbocycles.